The number of benzene rings is 2. The average Bonchev–Trinajstić information content (AvgIpc) is 3.19. The maximum Gasteiger partial charge on any atom is 0.267 e. The van der Waals surface area contributed by atoms with Gasteiger partial charge < -0.3 is 4.74 Å². The van der Waals surface area contributed by atoms with Crippen LogP contribution < -0.4 is 10.3 Å². The molecule has 0 amide bonds. The van der Waals surface area contributed by atoms with Gasteiger partial charge >= 0.3 is 0 Å². The Morgan fingerprint density at radius 1 is 0.971 bits per heavy atom. The molecule has 7 heteroatoms. The van der Waals surface area contributed by atoms with Gasteiger partial charge in [0.05, 0.1) is 16.9 Å². The molecule has 3 heterocycles. The zero-order valence-electron chi connectivity index (χ0n) is 20.0. The summed E-state index contributed by atoms with van der Waals surface area (Å²) >= 11 is 5.97. The molecule has 6 nitrogen and oxygen atoms in total. The van der Waals surface area contributed by atoms with Crippen LogP contribution >= 0.6 is 11.6 Å². The normalized spacial score (nSPS) is 11.2. The number of fused-ring (bicyclic) bond motifs is 1. The van der Waals surface area contributed by atoms with Gasteiger partial charge in [-0.1, -0.05) is 41.4 Å². The molecule has 176 valence electrons. The van der Waals surface area contributed by atoms with E-state index in [2.05, 4.69) is 32.0 Å². The van der Waals surface area contributed by atoms with Crippen LogP contribution in [0.3, 0.4) is 0 Å². The molecule has 3 aromatic heterocycles. The summed E-state index contributed by atoms with van der Waals surface area (Å²) in [5.41, 5.74) is 7.17. The van der Waals surface area contributed by atoms with E-state index in [1.54, 1.807) is 12.3 Å². The van der Waals surface area contributed by atoms with Crippen LogP contribution in [0.15, 0.2) is 71.7 Å². The number of hydrogen-bond acceptors (Lipinski definition) is 4. The number of aryl methyl sites for hydroxylation is 4. The Bertz CT molecular complexity index is 1620. The summed E-state index contributed by atoms with van der Waals surface area (Å²) in [6, 6.07) is 19.2. The number of pyridine rings is 1. The minimum atomic E-state index is -0.185. The third-order valence-corrected chi connectivity index (χ3v) is 6.28. The number of rotatable bonds is 5. The summed E-state index contributed by atoms with van der Waals surface area (Å²) in [6.45, 7) is 8.29. The van der Waals surface area contributed by atoms with Gasteiger partial charge in [0.25, 0.3) is 5.56 Å². The van der Waals surface area contributed by atoms with E-state index in [9.17, 15) is 4.79 Å². The first-order valence-electron chi connectivity index (χ1n) is 11.4. The fourth-order valence-corrected chi connectivity index (χ4v) is 4.40. The first kappa shape index (κ1) is 22.9. The topological polar surface area (TPSA) is 61.4 Å². The van der Waals surface area contributed by atoms with Crippen molar-refractivity contribution in [1.82, 2.24) is 19.2 Å². The summed E-state index contributed by atoms with van der Waals surface area (Å²) in [5.74, 6) is 0.534. The van der Waals surface area contributed by atoms with Crippen molar-refractivity contribution in [2.24, 2.45) is 0 Å². The molecule has 0 aliphatic rings. The molecule has 0 fully saturated rings. The van der Waals surface area contributed by atoms with Crippen LogP contribution in [0.4, 0.5) is 0 Å². The van der Waals surface area contributed by atoms with Gasteiger partial charge in [-0.05, 0) is 75.2 Å². The maximum absolute atomic E-state index is 13.6. The second-order valence-corrected chi connectivity index (χ2v) is 9.17. The number of ether oxygens (including phenoxy) is 1. The van der Waals surface area contributed by atoms with E-state index in [4.69, 9.17) is 26.4 Å². The van der Waals surface area contributed by atoms with Crippen LogP contribution in [-0.2, 0) is 6.61 Å². The monoisotopic (exact) mass is 484 g/mol. The molecular weight excluding hydrogens is 460 g/mol. The van der Waals surface area contributed by atoms with Crippen molar-refractivity contribution in [3.05, 3.63) is 110 Å². The van der Waals surface area contributed by atoms with E-state index in [1.807, 2.05) is 54.9 Å². The van der Waals surface area contributed by atoms with E-state index in [1.165, 1.54) is 9.96 Å². The van der Waals surface area contributed by atoms with Gasteiger partial charge in [-0.15, -0.1) is 0 Å². The molecule has 35 heavy (non-hydrogen) atoms. The minimum Gasteiger partial charge on any atom is -0.485 e. The minimum absolute atomic E-state index is 0.185. The van der Waals surface area contributed by atoms with Gasteiger partial charge in [-0.25, -0.2) is 9.67 Å². The molecule has 0 radical (unpaired) electrons. The lowest BCUT2D eigenvalue weighted by atomic mass is 10.1. The lowest BCUT2D eigenvalue weighted by Gasteiger charge is -2.12. The fraction of sp³-hybridized carbons (Fsp3) is 0.179. The second kappa shape index (κ2) is 9.04. The van der Waals surface area contributed by atoms with Gasteiger partial charge in [0, 0.05) is 16.9 Å². The van der Waals surface area contributed by atoms with Gasteiger partial charge in [0.15, 0.2) is 11.4 Å². The first-order chi connectivity index (χ1) is 16.8. The Morgan fingerprint density at radius 2 is 1.74 bits per heavy atom. The first-order valence-corrected chi connectivity index (χ1v) is 11.7. The van der Waals surface area contributed by atoms with Crippen molar-refractivity contribution in [2.45, 2.75) is 34.3 Å². The molecule has 0 saturated carbocycles. The number of aromatic nitrogens is 4. The molecule has 0 saturated heterocycles. The predicted molar refractivity (Wildman–Crippen MR) is 139 cm³/mol. The molecule has 0 aliphatic carbocycles. The average molecular weight is 485 g/mol. The highest BCUT2D eigenvalue weighted by Gasteiger charge is 2.19. The molecule has 0 bridgehead atoms. The van der Waals surface area contributed by atoms with Gasteiger partial charge in [-0.2, -0.15) is 5.10 Å². The van der Waals surface area contributed by atoms with Crippen LogP contribution in [-0.4, -0.2) is 19.2 Å². The molecule has 0 unspecified atom stereocenters. The molecule has 0 N–H and O–H groups in total. The summed E-state index contributed by atoms with van der Waals surface area (Å²) in [5, 5.41) is 5.47. The van der Waals surface area contributed by atoms with Crippen LogP contribution in [0.2, 0.25) is 5.02 Å². The fourth-order valence-electron chi connectivity index (χ4n) is 4.28. The third kappa shape index (κ3) is 4.33. The quantitative estimate of drug-likeness (QED) is 0.306. The van der Waals surface area contributed by atoms with E-state index >= 15 is 0 Å². The van der Waals surface area contributed by atoms with Gasteiger partial charge in [0.1, 0.15) is 12.3 Å². The highest BCUT2D eigenvalue weighted by atomic mass is 35.5. The molecule has 5 rings (SSSR count). The number of hydrogen-bond donors (Lipinski definition) is 0. The lowest BCUT2D eigenvalue weighted by molar-refractivity contribution is 0.308. The Kier molecular flexibility index (Phi) is 5.91. The molecular formula is C28H25ClN4O2. The molecule has 2 aromatic carbocycles. The Labute approximate surface area is 208 Å². The SMILES string of the molecule is Cc1ccc(-n2nc(-c3c(C)nc4c(OCc5ccc(Cl)cc5)cccn4c3=O)cc2C)c(C)c1. The summed E-state index contributed by atoms with van der Waals surface area (Å²) in [4.78, 5) is 18.3. The second-order valence-electron chi connectivity index (χ2n) is 8.73. The molecule has 0 atom stereocenters. The number of halogens is 1. The molecule has 5 aromatic rings. The summed E-state index contributed by atoms with van der Waals surface area (Å²) in [7, 11) is 0. The van der Waals surface area contributed by atoms with Gasteiger partial charge in [0.2, 0.25) is 0 Å². The van der Waals surface area contributed by atoms with Crippen LogP contribution in [0.1, 0.15) is 28.1 Å². The predicted octanol–water partition coefficient (Wildman–Crippen LogP) is 6.01. The smallest absolute Gasteiger partial charge is 0.267 e. The highest BCUT2D eigenvalue weighted by molar-refractivity contribution is 6.30. The van der Waals surface area contributed by atoms with E-state index in [-0.39, 0.29) is 5.56 Å². The van der Waals surface area contributed by atoms with E-state index in [0.717, 1.165) is 22.5 Å². The van der Waals surface area contributed by atoms with Crippen molar-refractivity contribution in [3.8, 4) is 22.7 Å². The van der Waals surface area contributed by atoms with Crippen molar-refractivity contribution in [3.63, 3.8) is 0 Å². The zero-order chi connectivity index (χ0) is 24.7. The highest BCUT2D eigenvalue weighted by Crippen LogP contribution is 2.25. The largest absolute Gasteiger partial charge is 0.485 e. The van der Waals surface area contributed by atoms with E-state index < -0.39 is 0 Å². The van der Waals surface area contributed by atoms with Crippen LogP contribution in [0.25, 0.3) is 22.6 Å². The third-order valence-electron chi connectivity index (χ3n) is 6.03. The Hall–Kier alpha value is -3.90. The van der Waals surface area contributed by atoms with E-state index in [0.29, 0.717) is 40.0 Å². The number of nitrogens with zero attached hydrogens (tertiary/aromatic N) is 4. The van der Waals surface area contributed by atoms with Gasteiger partial charge in [-0.3, -0.25) is 9.20 Å². The van der Waals surface area contributed by atoms with Crippen molar-refractivity contribution >= 4 is 17.2 Å². The van der Waals surface area contributed by atoms with Crippen molar-refractivity contribution < 1.29 is 4.74 Å². The standard InChI is InChI=1S/C28H25ClN4O2/c1-17-7-12-24(18(2)14-17)33-19(3)15-23(31-33)26-20(4)30-27-25(6-5-13-32(27)28(26)34)35-16-21-8-10-22(29)11-9-21/h5-15H,16H2,1-4H3. The summed E-state index contributed by atoms with van der Waals surface area (Å²) < 4.78 is 9.42. The van der Waals surface area contributed by atoms with Crippen molar-refractivity contribution in [2.75, 3.05) is 0 Å². The molecule has 0 aliphatic heterocycles. The zero-order valence-corrected chi connectivity index (χ0v) is 20.8. The van der Waals surface area contributed by atoms with Crippen LogP contribution in [0, 0.1) is 27.7 Å². The Balaban J connectivity index is 1.55. The lowest BCUT2D eigenvalue weighted by Crippen LogP contribution is -2.19. The maximum atomic E-state index is 13.6. The Morgan fingerprint density at radius 3 is 2.49 bits per heavy atom. The summed E-state index contributed by atoms with van der Waals surface area (Å²) in [6.07, 6.45) is 1.71. The molecule has 0 spiro atoms. The van der Waals surface area contributed by atoms with Crippen molar-refractivity contribution in [1.29, 1.82) is 0 Å². The van der Waals surface area contributed by atoms with Crippen LogP contribution in [0.5, 0.6) is 5.75 Å².